The number of hydrogen-bond donors (Lipinski definition) is 2. The van der Waals surface area contributed by atoms with E-state index in [1.807, 2.05) is 31.2 Å². The van der Waals surface area contributed by atoms with Crippen molar-refractivity contribution in [1.29, 1.82) is 0 Å². The van der Waals surface area contributed by atoms with E-state index in [0.717, 1.165) is 6.42 Å². The molecule has 0 saturated heterocycles. The van der Waals surface area contributed by atoms with Crippen LogP contribution in [0.4, 0.5) is 0 Å². The van der Waals surface area contributed by atoms with Gasteiger partial charge >= 0.3 is 5.97 Å². The van der Waals surface area contributed by atoms with E-state index in [2.05, 4.69) is 5.32 Å². The van der Waals surface area contributed by atoms with E-state index >= 15 is 0 Å². The van der Waals surface area contributed by atoms with Gasteiger partial charge in [-0.2, -0.15) is 0 Å². The van der Waals surface area contributed by atoms with Gasteiger partial charge in [-0.1, -0.05) is 31.2 Å². The van der Waals surface area contributed by atoms with Crippen molar-refractivity contribution in [3.05, 3.63) is 35.4 Å². The molecule has 0 spiro atoms. The quantitative estimate of drug-likeness (QED) is 0.718. The molecule has 1 amide bonds. The molecule has 20 heavy (non-hydrogen) atoms. The second-order valence-corrected chi connectivity index (χ2v) is 5.16. The zero-order chi connectivity index (χ0) is 15.0. The van der Waals surface area contributed by atoms with Crippen LogP contribution in [0.1, 0.15) is 37.3 Å². The zero-order valence-corrected chi connectivity index (χ0v) is 12.2. The minimum Gasteiger partial charge on any atom is -0.481 e. The second kappa shape index (κ2) is 8.35. The lowest BCUT2D eigenvalue weighted by Crippen LogP contribution is -2.25. The number of rotatable bonds is 8. The number of hydrogen-bond acceptors (Lipinski definition) is 2. The number of benzene rings is 1. The molecule has 0 fully saturated rings. The van der Waals surface area contributed by atoms with Crippen LogP contribution in [0.3, 0.4) is 0 Å². The predicted molar refractivity (Wildman–Crippen MR) is 78.5 cm³/mol. The zero-order valence-electron chi connectivity index (χ0n) is 12.2. The van der Waals surface area contributed by atoms with Crippen molar-refractivity contribution in [2.24, 2.45) is 5.92 Å². The summed E-state index contributed by atoms with van der Waals surface area (Å²) >= 11 is 0. The first-order valence-corrected chi connectivity index (χ1v) is 7.04. The van der Waals surface area contributed by atoms with Gasteiger partial charge in [-0.15, -0.1) is 0 Å². The van der Waals surface area contributed by atoms with E-state index in [1.54, 1.807) is 6.92 Å². The number of carbonyl (C=O) groups is 2. The standard InChI is InChI=1S/C16H23NO3/c1-12-6-3-4-8-14(12)9-10-15(18)17-11-5-7-13(2)16(19)20/h3-4,6,8,13H,5,7,9-11H2,1-2H3,(H,17,18)(H,19,20). The van der Waals surface area contributed by atoms with Gasteiger partial charge in [-0.05, 0) is 37.3 Å². The minimum atomic E-state index is -0.782. The number of aryl methyl sites for hydroxylation is 2. The molecule has 1 unspecified atom stereocenters. The summed E-state index contributed by atoms with van der Waals surface area (Å²) in [5.74, 6) is -1.11. The van der Waals surface area contributed by atoms with E-state index in [9.17, 15) is 9.59 Å². The van der Waals surface area contributed by atoms with Crippen LogP contribution in [-0.4, -0.2) is 23.5 Å². The highest BCUT2D eigenvalue weighted by Gasteiger charge is 2.10. The summed E-state index contributed by atoms with van der Waals surface area (Å²) in [7, 11) is 0. The first-order chi connectivity index (χ1) is 9.50. The number of carboxylic acid groups (broad SMARTS) is 1. The Kier molecular flexibility index (Phi) is 6.77. The molecule has 110 valence electrons. The molecule has 1 rings (SSSR count). The van der Waals surface area contributed by atoms with Gasteiger partial charge in [0.2, 0.25) is 5.91 Å². The smallest absolute Gasteiger partial charge is 0.306 e. The van der Waals surface area contributed by atoms with Crippen LogP contribution in [0.5, 0.6) is 0 Å². The fourth-order valence-corrected chi connectivity index (χ4v) is 1.99. The number of carboxylic acids is 1. The minimum absolute atomic E-state index is 0.0243. The summed E-state index contributed by atoms with van der Waals surface area (Å²) in [6, 6.07) is 8.05. The second-order valence-electron chi connectivity index (χ2n) is 5.16. The monoisotopic (exact) mass is 277 g/mol. The van der Waals surface area contributed by atoms with Crippen LogP contribution < -0.4 is 5.32 Å². The lowest BCUT2D eigenvalue weighted by Gasteiger charge is -2.08. The summed E-state index contributed by atoms with van der Waals surface area (Å²) < 4.78 is 0. The highest BCUT2D eigenvalue weighted by molar-refractivity contribution is 5.76. The average molecular weight is 277 g/mol. The number of nitrogens with one attached hydrogen (secondary N) is 1. The fourth-order valence-electron chi connectivity index (χ4n) is 1.99. The van der Waals surface area contributed by atoms with Crippen LogP contribution in [0.15, 0.2) is 24.3 Å². The molecule has 0 aliphatic carbocycles. The molecule has 0 aromatic heterocycles. The Morgan fingerprint density at radius 1 is 1.30 bits per heavy atom. The molecular weight excluding hydrogens is 254 g/mol. The van der Waals surface area contributed by atoms with Gasteiger partial charge in [0.1, 0.15) is 0 Å². The lowest BCUT2D eigenvalue weighted by atomic mass is 10.0. The molecule has 1 atom stereocenters. The van der Waals surface area contributed by atoms with E-state index in [4.69, 9.17) is 5.11 Å². The third-order valence-corrected chi connectivity index (χ3v) is 3.44. The van der Waals surface area contributed by atoms with E-state index in [1.165, 1.54) is 11.1 Å². The molecule has 2 N–H and O–H groups in total. The molecule has 0 aliphatic heterocycles. The Morgan fingerprint density at radius 2 is 2.00 bits per heavy atom. The highest BCUT2D eigenvalue weighted by Crippen LogP contribution is 2.09. The Labute approximate surface area is 120 Å². The largest absolute Gasteiger partial charge is 0.481 e. The summed E-state index contributed by atoms with van der Waals surface area (Å²) in [4.78, 5) is 22.3. The Bertz CT molecular complexity index is 457. The van der Waals surface area contributed by atoms with Crippen LogP contribution in [0, 0.1) is 12.8 Å². The van der Waals surface area contributed by atoms with Gasteiger partial charge in [-0.25, -0.2) is 0 Å². The molecule has 4 nitrogen and oxygen atoms in total. The van der Waals surface area contributed by atoms with Crippen molar-refractivity contribution < 1.29 is 14.7 Å². The molecule has 4 heteroatoms. The normalized spacial score (nSPS) is 11.9. The average Bonchev–Trinajstić information content (AvgIpc) is 2.42. The summed E-state index contributed by atoms with van der Waals surface area (Å²) in [5, 5.41) is 11.6. The third-order valence-electron chi connectivity index (χ3n) is 3.44. The number of amides is 1. The Morgan fingerprint density at radius 3 is 2.65 bits per heavy atom. The first-order valence-electron chi connectivity index (χ1n) is 7.04. The van der Waals surface area contributed by atoms with E-state index in [0.29, 0.717) is 25.8 Å². The van der Waals surface area contributed by atoms with Gasteiger partial charge in [0.15, 0.2) is 0 Å². The molecule has 0 bridgehead atoms. The van der Waals surface area contributed by atoms with Crippen LogP contribution in [0.25, 0.3) is 0 Å². The van der Waals surface area contributed by atoms with Crippen molar-refractivity contribution in [1.82, 2.24) is 5.32 Å². The lowest BCUT2D eigenvalue weighted by molar-refractivity contribution is -0.141. The van der Waals surface area contributed by atoms with Gasteiger partial charge in [0.25, 0.3) is 0 Å². The Balaban J connectivity index is 2.18. The SMILES string of the molecule is Cc1ccccc1CCC(=O)NCCCC(C)C(=O)O. The maximum Gasteiger partial charge on any atom is 0.306 e. The molecule has 0 saturated carbocycles. The molecule has 0 radical (unpaired) electrons. The highest BCUT2D eigenvalue weighted by atomic mass is 16.4. The van der Waals surface area contributed by atoms with Crippen molar-refractivity contribution in [2.75, 3.05) is 6.54 Å². The number of aliphatic carboxylic acids is 1. The van der Waals surface area contributed by atoms with Crippen LogP contribution >= 0.6 is 0 Å². The Hall–Kier alpha value is -1.84. The van der Waals surface area contributed by atoms with E-state index in [-0.39, 0.29) is 11.8 Å². The maximum atomic E-state index is 11.7. The van der Waals surface area contributed by atoms with Crippen molar-refractivity contribution >= 4 is 11.9 Å². The van der Waals surface area contributed by atoms with E-state index < -0.39 is 5.97 Å². The van der Waals surface area contributed by atoms with Gasteiger partial charge in [-0.3, -0.25) is 9.59 Å². The van der Waals surface area contributed by atoms with Gasteiger partial charge in [0, 0.05) is 13.0 Å². The van der Waals surface area contributed by atoms with Gasteiger partial charge < -0.3 is 10.4 Å². The topological polar surface area (TPSA) is 66.4 Å². The fraction of sp³-hybridized carbons (Fsp3) is 0.500. The predicted octanol–water partition coefficient (Wildman–Crippen LogP) is 2.54. The summed E-state index contributed by atoms with van der Waals surface area (Å²) in [6.45, 7) is 4.27. The van der Waals surface area contributed by atoms with Crippen molar-refractivity contribution in [2.45, 2.75) is 39.5 Å². The van der Waals surface area contributed by atoms with Crippen molar-refractivity contribution in [3.63, 3.8) is 0 Å². The molecule has 0 aliphatic rings. The maximum absolute atomic E-state index is 11.7. The molecule has 1 aromatic rings. The van der Waals surface area contributed by atoms with Crippen molar-refractivity contribution in [3.8, 4) is 0 Å². The summed E-state index contributed by atoms with van der Waals surface area (Å²) in [6.07, 6.45) is 2.50. The summed E-state index contributed by atoms with van der Waals surface area (Å²) in [5.41, 5.74) is 2.40. The molecule has 1 aromatic carbocycles. The molecule has 0 heterocycles. The van der Waals surface area contributed by atoms with Gasteiger partial charge in [0.05, 0.1) is 5.92 Å². The van der Waals surface area contributed by atoms with Crippen LogP contribution in [0.2, 0.25) is 0 Å². The number of carbonyl (C=O) groups excluding carboxylic acids is 1. The third kappa shape index (κ3) is 5.87. The molecular formula is C16H23NO3. The first kappa shape index (κ1) is 16.2. The van der Waals surface area contributed by atoms with Crippen LogP contribution in [-0.2, 0) is 16.0 Å².